The first-order valence-electron chi connectivity index (χ1n) is 10.3. The van der Waals surface area contributed by atoms with E-state index in [-0.39, 0.29) is 11.9 Å². The lowest BCUT2D eigenvalue weighted by molar-refractivity contribution is 0.103. The van der Waals surface area contributed by atoms with E-state index >= 15 is 0 Å². The average Bonchev–Trinajstić information content (AvgIpc) is 3.16. The van der Waals surface area contributed by atoms with Crippen LogP contribution in [0, 0.1) is 6.92 Å². The third-order valence-electron chi connectivity index (χ3n) is 5.34. The van der Waals surface area contributed by atoms with E-state index in [9.17, 15) is 4.79 Å². The lowest BCUT2D eigenvalue weighted by Crippen LogP contribution is -2.12. The summed E-state index contributed by atoms with van der Waals surface area (Å²) in [4.78, 5) is 23.7. The van der Waals surface area contributed by atoms with E-state index in [0.717, 1.165) is 16.3 Å². The number of aromatic nitrogens is 6. The van der Waals surface area contributed by atoms with Gasteiger partial charge in [0, 0.05) is 23.0 Å². The molecule has 4 aromatic rings. The van der Waals surface area contributed by atoms with Crippen LogP contribution in [0.5, 0.6) is 0 Å². The number of rotatable bonds is 6. The van der Waals surface area contributed by atoms with Crippen molar-refractivity contribution in [1.82, 2.24) is 29.3 Å². The Bertz CT molecular complexity index is 1250. The Morgan fingerprint density at radius 1 is 1.26 bits per heavy atom. The van der Waals surface area contributed by atoms with Crippen LogP contribution in [0.3, 0.4) is 0 Å². The van der Waals surface area contributed by atoms with Crippen molar-refractivity contribution in [3.05, 3.63) is 58.6 Å². The Morgan fingerprint density at radius 2 is 2.10 bits per heavy atom. The molecule has 31 heavy (non-hydrogen) atoms. The van der Waals surface area contributed by atoms with Crippen LogP contribution in [0.15, 0.2) is 43.1 Å². The third kappa shape index (κ3) is 3.88. The minimum atomic E-state index is -0.183. The van der Waals surface area contributed by atoms with Gasteiger partial charge in [0.25, 0.3) is 5.91 Å². The zero-order valence-electron chi connectivity index (χ0n) is 17.6. The maximum atomic E-state index is 12.9. The highest BCUT2D eigenvalue weighted by atomic mass is 32.1. The van der Waals surface area contributed by atoms with E-state index in [2.05, 4.69) is 45.5 Å². The van der Waals surface area contributed by atoms with Crippen LogP contribution in [-0.4, -0.2) is 35.2 Å². The number of imidazole rings is 1. The predicted molar refractivity (Wildman–Crippen MR) is 120 cm³/mol. The molecule has 1 aliphatic carbocycles. The summed E-state index contributed by atoms with van der Waals surface area (Å²) in [5, 5.41) is 11.1. The molecule has 0 aliphatic heterocycles. The minimum Gasteiger partial charge on any atom is -0.310 e. The number of anilines is 1. The molecule has 0 spiro atoms. The smallest absolute Gasteiger partial charge is 0.266 e. The fourth-order valence-electron chi connectivity index (χ4n) is 3.51. The summed E-state index contributed by atoms with van der Waals surface area (Å²) in [6.45, 7) is 6.14. The Kier molecular flexibility index (Phi) is 4.90. The lowest BCUT2D eigenvalue weighted by Gasteiger charge is -2.10. The second kappa shape index (κ2) is 7.73. The van der Waals surface area contributed by atoms with Gasteiger partial charge in [-0.1, -0.05) is 6.07 Å². The second-order valence-corrected chi connectivity index (χ2v) is 9.31. The molecule has 4 heterocycles. The molecule has 0 aromatic carbocycles. The Hall–Kier alpha value is -3.33. The molecule has 9 heteroatoms. The topological polar surface area (TPSA) is 90.5 Å². The zero-order valence-corrected chi connectivity index (χ0v) is 18.4. The minimum absolute atomic E-state index is 0.183. The Labute approximate surface area is 184 Å². The van der Waals surface area contributed by atoms with E-state index in [1.54, 1.807) is 12.4 Å². The van der Waals surface area contributed by atoms with Gasteiger partial charge >= 0.3 is 0 Å². The van der Waals surface area contributed by atoms with Gasteiger partial charge in [-0.3, -0.25) is 4.79 Å². The fraction of sp³-hybridized carbons (Fsp3) is 0.318. The van der Waals surface area contributed by atoms with Gasteiger partial charge in [-0.15, -0.1) is 21.5 Å². The van der Waals surface area contributed by atoms with Gasteiger partial charge in [-0.05, 0) is 51.8 Å². The summed E-state index contributed by atoms with van der Waals surface area (Å²) in [5.74, 6) is 1.57. The van der Waals surface area contributed by atoms with Crippen LogP contribution in [0.1, 0.15) is 58.9 Å². The van der Waals surface area contributed by atoms with Crippen molar-refractivity contribution in [1.29, 1.82) is 0 Å². The normalized spacial score (nSPS) is 13.7. The highest BCUT2D eigenvalue weighted by molar-refractivity contribution is 7.14. The first-order valence-corrected chi connectivity index (χ1v) is 11.1. The fourth-order valence-corrected chi connectivity index (χ4v) is 4.42. The van der Waals surface area contributed by atoms with Gasteiger partial charge in [0.2, 0.25) is 0 Å². The number of thiophene rings is 1. The standard InChI is InChI=1S/C22H23N7OS/c1-13(2)29-12-24-27-21(29)16-5-4-6-20(25-16)26-22(30)19-9-18(14(3)31-19)28-10-17(23-11-28)15-7-8-15/h4-6,9-13,15H,7-8H2,1-3H3,(H,25,26,30). The molecule has 1 fully saturated rings. The molecule has 0 saturated heterocycles. The van der Waals surface area contributed by atoms with Crippen LogP contribution >= 0.6 is 11.3 Å². The number of carbonyl (C=O) groups excluding carboxylic acids is 1. The molecule has 0 bridgehead atoms. The molecular weight excluding hydrogens is 410 g/mol. The highest BCUT2D eigenvalue weighted by Gasteiger charge is 2.26. The van der Waals surface area contributed by atoms with Gasteiger partial charge < -0.3 is 14.5 Å². The van der Waals surface area contributed by atoms with Gasteiger partial charge in [-0.25, -0.2) is 9.97 Å². The summed E-state index contributed by atoms with van der Waals surface area (Å²) >= 11 is 1.46. The van der Waals surface area contributed by atoms with E-state index < -0.39 is 0 Å². The number of nitrogens with one attached hydrogen (secondary N) is 1. The maximum absolute atomic E-state index is 12.9. The van der Waals surface area contributed by atoms with E-state index in [1.165, 1.54) is 24.2 Å². The van der Waals surface area contributed by atoms with E-state index in [4.69, 9.17) is 0 Å². The third-order valence-corrected chi connectivity index (χ3v) is 6.38. The molecule has 158 valence electrons. The van der Waals surface area contributed by atoms with Crippen LogP contribution in [0.4, 0.5) is 5.82 Å². The van der Waals surface area contributed by atoms with Gasteiger partial charge in [0.05, 0.1) is 22.6 Å². The largest absolute Gasteiger partial charge is 0.310 e. The molecule has 0 radical (unpaired) electrons. The number of carbonyl (C=O) groups is 1. The molecule has 1 saturated carbocycles. The summed E-state index contributed by atoms with van der Waals surface area (Å²) in [6, 6.07) is 7.61. The van der Waals surface area contributed by atoms with Crippen LogP contribution in [0.25, 0.3) is 17.2 Å². The van der Waals surface area contributed by atoms with Gasteiger partial charge in [-0.2, -0.15) is 0 Å². The molecule has 5 rings (SSSR count). The second-order valence-electron chi connectivity index (χ2n) is 8.05. The van der Waals surface area contributed by atoms with Crippen molar-refractivity contribution in [2.24, 2.45) is 0 Å². The van der Waals surface area contributed by atoms with Crippen molar-refractivity contribution in [2.45, 2.75) is 45.6 Å². The Balaban J connectivity index is 1.36. The predicted octanol–water partition coefficient (Wildman–Crippen LogP) is 4.61. The molecule has 0 unspecified atom stereocenters. The summed E-state index contributed by atoms with van der Waals surface area (Å²) in [6.07, 6.45) is 8.03. The molecule has 0 atom stereocenters. The quantitative estimate of drug-likeness (QED) is 0.480. The number of pyridine rings is 1. The molecule has 1 amide bonds. The zero-order chi connectivity index (χ0) is 21.5. The number of hydrogen-bond acceptors (Lipinski definition) is 6. The van der Waals surface area contributed by atoms with Crippen LogP contribution in [0.2, 0.25) is 0 Å². The number of amides is 1. The van der Waals surface area contributed by atoms with E-state index in [1.807, 2.05) is 40.6 Å². The Morgan fingerprint density at radius 3 is 2.87 bits per heavy atom. The van der Waals surface area contributed by atoms with Crippen molar-refractivity contribution in [2.75, 3.05) is 5.32 Å². The van der Waals surface area contributed by atoms with Crippen LogP contribution < -0.4 is 5.32 Å². The van der Waals surface area contributed by atoms with Crippen LogP contribution in [-0.2, 0) is 0 Å². The number of nitrogens with zero attached hydrogens (tertiary/aromatic N) is 6. The number of aryl methyl sites for hydroxylation is 1. The van der Waals surface area contributed by atoms with E-state index in [0.29, 0.717) is 28.1 Å². The van der Waals surface area contributed by atoms with Gasteiger partial charge in [0.15, 0.2) is 5.82 Å². The van der Waals surface area contributed by atoms with Crippen molar-refractivity contribution in [3.8, 4) is 17.2 Å². The summed E-state index contributed by atoms with van der Waals surface area (Å²) < 4.78 is 3.96. The van der Waals surface area contributed by atoms with Gasteiger partial charge in [0.1, 0.15) is 17.8 Å². The highest BCUT2D eigenvalue weighted by Crippen LogP contribution is 2.39. The van der Waals surface area contributed by atoms with Crippen molar-refractivity contribution >= 4 is 23.1 Å². The molecule has 1 N–H and O–H groups in total. The number of hydrogen-bond donors (Lipinski definition) is 1. The van der Waals surface area contributed by atoms with Crippen molar-refractivity contribution < 1.29 is 4.79 Å². The average molecular weight is 434 g/mol. The summed E-state index contributed by atoms with van der Waals surface area (Å²) in [7, 11) is 0. The lowest BCUT2D eigenvalue weighted by atomic mass is 10.3. The SMILES string of the molecule is Cc1sc(C(=O)Nc2cccc(-c3nncn3C(C)C)n2)cc1-n1cnc(C2CC2)c1. The summed E-state index contributed by atoms with van der Waals surface area (Å²) in [5.41, 5.74) is 2.78. The molecular formula is C22H23N7OS. The molecule has 4 aromatic heterocycles. The molecule has 1 aliphatic rings. The van der Waals surface area contributed by atoms with Crippen molar-refractivity contribution in [3.63, 3.8) is 0 Å². The maximum Gasteiger partial charge on any atom is 0.266 e. The monoisotopic (exact) mass is 433 g/mol. The first-order chi connectivity index (χ1) is 15.0. The molecule has 8 nitrogen and oxygen atoms in total. The first kappa shape index (κ1) is 19.6.